The van der Waals surface area contributed by atoms with Gasteiger partial charge in [0.05, 0.1) is 23.3 Å². The van der Waals surface area contributed by atoms with E-state index in [9.17, 15) is 9.18 Å². The quantitative estimate of drug-likeness (QED) is 0.121. The number of rotatable bonds is 10. The molecule has 2 aliphatic rings. The van der Waals surface area contributed by atoms with Gasteiger partial charge in [0.1, 0.15) is 18.2 Å². The summed E-state index contributed by atoms with van der Waals surface area (Å²) in [5.41, 5.74) is 4.37. The summed E-state index contributed by atoms with van der Waals surface area (Å²) in [5.74, 6) is 0.446. The molecule has 0 spiro atoms. The molecule has 47 heavy (non-hydrogen) atoms. The number of piperidine rings is 1. The highest BCUT2D eigenvalue weighted by molar-refractivity contribution is 5.96. The Bertz CT molecular complexity index is 1920. The number of hydrogen-bond donors (Lipinski definition) is 0. The van der Waals surface area contributed by atoms with E-state index in [0.717, 1.165) is 68.6 Å². The zero-order valence-corrected chi connectivity index (χ0v) is 26.0. The van der Waals surface area contributed by atoms with Gasteiger partial charge in [-0.15, -0.1) is 0 Å². The number of para-hydroxylation sites is 1. The van der Waals surface area contributed by atoms with Crippen LogP contribution in [0, 0.1) is 17.1 Å². The second-order valence-corrected chi connectivity index (χ2v) is 12.2. The van der Waals surface area contributed by atoms with Gasteiger partial charge in [0.25, 0.3) is 0 Å². The molecule has 0 aliphatic carbocycles. The second kappa shape index (κ2) is 13.8. The molecule has 1 atom stereocenters. The first-order valence-electron chi connectivity index (χ1n) is 16.0. The number of fused-ring (bicyclic) bond motifs is 1. The van der Waals surface area contributed by atoms with Crippen molar-refractivity contribution in [2.45, 2.75) is 51.0 Å². The molecule has 4 heterocycles. The van der Waals surface area contributed by atoms with Gasteiger partial charge in [0.2, 0.25) is 5.88 Å². The Morgan fingerprint density at radius 1 is 0.979 bits per heavy atom. The maximum atomic E-state index is 14.3. The van der Waals surface area contributed by atoms with Gasteiger partial charge < -0.3 is 18.8 Å². The summed E-state index contributed by atoms with van der Waals surface area (Å²) in [6, 6.07) is 29.2. The van der Waals surface area contributed by atoms with Gasteiger partial charge in [-0.3, -0.25) is 4.90 Å². The molecule has 3 aromatic carbocycles. The Balaban J connectivity index is 1.01. The Morgan fingerprint density at radius 2 is 1.81 bits per heavy atom. The van der Waals surface area contributed by atoms with Gasteiger partial charge in [0.15, 0.2) is 0 Å². The van der Waals surface area contributed by atoms with Crippen molar-refractivity contribution in [1.82, 2.24) is 14.5 Å². The van der Waals surface area contributed by atoms with Crippen molar-refractivity contribution in [3.8, 4) is 17.7 Å². The predicted molar refractivity (Wildman–Crippen MR) is 175 cm³/mol. The number of nitriles is 1. The number of pyridine rings is 1. The maximum absolute atomic E-state index is 14.3. The van der Waals surface area contributed by atoms with Crippen LogP contribution in [0.4, 0.5) is 4.39 Å². The topological polar surface area (TPSA) is 89.6 Å². The lowest BCUT2D eigenvalue weighted by atomic mass is 9.93. The van der Waals surface area contributed by atoms with E-state index in [2.05, 4.69) is 15.5 Å². The molecule has 2 aromatic heterocycles. The van der Waals surface area contributed by atoms with Gasteiger partial charge in [0, 0.05) is 54.1 Å². The smallest absolute Gasteiger partial charge is 0.343 e. The number of hydrogen-bond acceptors (Lipinski definition) is 7. The van der Waals surface area contributed by atoms with E-state index in [1.54, 1.807) is 30.3 Å². The Labute approximate surface area is 272 Å². The summed E-state index contributed by atoms with van der Waals surface area (Å²) >= 11 is 0. The maximum Gasteiger partial charge on any atom is 0.343 e. The molecule has 2 saturated heterocycles. The summed E-state index contributed by atoms with van der Waals surface area (Å²) in [5, 5.41) is 10.1. The average molecular weight is 631 g/mol. The van der Waals surface area contributed by atoms with Crippen molar-refractivity contribution < 1.29 is 23.4 Å². The first kappa shape index (κ1) is 30.6. The van der Waals surface area contributed by atoms with Crippen LogP contribution in [0.3, 0.4) is 0 Å². The highest BCUT2D eigenvalue weighted by Gasteiger charge is 2.26. The van der Waals surface area contributed by atoms with Crippen LogP contribution < -0.4 is 9.47 Å². The van der Waals surface area contributed by atoms with E-state index in [1.807, 2.05) is 54.6 Å². The number of aromatic nitrogens is 2. The van der Waals surface area contributed by atoms with Gasteiger partial charge in [-0.2, -0.15) is 5.26 Å². The molecule has 238 valence electrons. The van der Waals surface area contributed by atoms with Crippen LogP contribution in [0.1, 0.15) is 58.1 Å². The van der Waals surface area contributed by atoms with Crippen molar-refractivity contribution >= 4 is 16.9 Å². The summed E-state index contributed by atoms with van der Waals surface area (Å²) in [6.45, 7) is 4.21. The number of benzene rings is 3. The molecule has 8 nitrogen and oxygen atoms in total. The fourth-order valence-corrected chi connectivity index (χ4v) is 6.31. The van der Waals surface area contributed by atoms with Crippen molar-refractivity contribution in [3.05, 3.63) is 125 Å². The SMILES string of the molecule is N#Cc1ccc(COc2cccc(C3CCN(Cc4cc5ccc(C(=O)Oc6ccccc6)cc5n4C[C@@H]4CCO4)CC3)n2)c(F)c1. The van der Waals surface area contributed by atoms with Crippen LogP contribution in [0.25, 0.3) is 10.9 Å². The summed E-state index contributed by atoms with van der Waals surface area (Å²) in [4.78, 5) is 20.2. The highest BCUT2D eigenvalue weighted by atomic mass is 19.1. The molecule has 9 heteroatoms. The van der Waals surface area contributed by atoms with Crippen LogP contribution in [0.5, 0.6) is 11.6 Å². The lowest BCUT2D eigenvalue weighted by Gasteiger charge is -2.33. The molecule has 5 aromatic rings. The Hall–Kier alpha value is -5.04. The fraction of sp³-hybridized carbons (Fsp3) is 0.289. The number of nitrogens with zero attached hydrogens (tertiary/aromatic N) is 4. The van der Waals surface area contributed by atoms with Gasteiger partial charge in [-0.1, -0.05) is 36.4 Å². The van der Waals surface area contributed by atoms with Crippen LogP contribution >= 0.6 is 0 Å². The number of esters is 1. The minimum atomic E-state index is -0.460. The lowest BCUT2D eigenvalue weighted by Crippen LogP contribution is -2.35. The molecule has 0 bridgehead atoms. The largest absolute Gasteiger partial charge is 0.473 e. The van der Waals surface area contributed by atoms with E-state index >= 15 is 0 Å². The Morgan fingerprint density at radius 3 is 2.55 bits per heavy atom. The van der Waals surface area contributed by atoms with Gasteiger partial charge in [-0.05, 0) is 86.3 Å². The second-order valence-electron chi connectivity index (χ2n) is 12.2. The zero-order chi connectivity index (χ0) is 32.2. The van der Waals surface area contributed by atoms with Crippen molar-refractivity contribution in [2.75, 3.05) is 19.7 Å². The molecule has 0 unspecified atom stereocenters. The third kappa shape index (κ3) is 7.04. The van der Waals surface area contributed by atoms with Crippen LogP contribution in [-0.4, -0.2) is 46.2 Å². The Kier molecular flexibility index (Phi) is 8.96. The molecular weight excluding hydrogens is 595 g/mol. The molecule has 0 N–H and O–H groups in total. The molecule has 7 rings (SSSR count). The number of carbonyl (C=O) groups excluding carboxylic acids is 1. The van der Waals surface area contributed by atoms with Crippen LogP contribution in [-0.2, 0) is 24.4 Å². The molecule has 2 fully saturated rings. The fourth-order valence-electron chi connectivity index (χ4n) is 6.31. The summed E-state index contributed by atoms with van der Waals surface area (Å²) < 4.78 is 33.9. The van der Waals surface area contributed by atoms with E-state index in [0.29, 0.717) is 28.7 Å². The van der Waals surface area contributed by atoms with Gasteiger partial charge >= 0.3 is 5.97 Å². The van der Waals surface area contributed by atoms with E-state index < -0.39 is 5.82 Å². The molecular formula is C38H35FN4O4. The minimum Gasteiger partial charge on any atom is -0.473 e. The molecule has 0 amide bonds. The van der Waals surface area contributed by atoms with E-state index in [1.165, 1.54) is 11.8 Å². The number of halogens is 1. The van der Waals surface area contributed by atoms with Crippen molar-refractivity contribution in [2.24, 2.45) is 0 Å². The highest BCUT2D eigenvalue weighted by Crippen LogP contribution is 2.31. The van der Waals surface area contributed by atoms with E-state index in [-0.39, 0.29) is 24.2 Å². The third-order valence-corrected chi connectivity index (χ3v) is 9.05. The number of likely N-dealkylation sites (tertiary alicyclic amines) is 1. The first-order chi connectivity index (χ1) is 23.0. The normalized spacial score (nSPS) is 16.8. The summed E-state index contributed by atoms with van der Waals surface area (Å²) in [7, 11) is 0. The van der Waals surface area contributed by atoms with E-state index in [4.69, 9.17) is 24.5 Å². The average Bonchev–Trinajstić information content (AvgIpc) is 3.42. The first-order valence-corrected chi connectivity index (χ1v) is 16.0. The monoisotopic (exact) mass is 630 g/mol. The van der Waals surface area contributed by atoms with Crippen LogP contribution in [0.15, 0.2) is 91.0 Å². The standard InChI is InChI=1S/C38H35FN4O4/c39-34-19-26(22-40)9-10-30(34)25-46-37-8-4-7-35(41-37)27-13-16-42(17-14-27)23-31-20-28-11-12-29(38(44)47-32-5-2-1-3-6-32)21-36(28)43(31)24-33-15-18-45-33/h1-12,19-21,27,33H,13-18,23-25H2/t33-/m0/s1. The molecule has 0 radical (unpaired) electrons. The van der Waals surface area contributed by atoms with Gasteiger partial charge in [-0.25, -0.2) is 14.2 Å². The summed E-state index contributed by atoms with van der Waals surface area (Å²) in [6.07, 6.45) is 3.12. The predicted octanol–water partition coefficient (Wildman–Crippen LogP) is 7.01. The molecule has 0 saturated carbocycles. The third-order valence-electron chi connectivity index (χ3n) is 9.05. The molecule has 2 aliphatic heterocycles. The number of ether oxygens (including phenoxy) is 3. The van der Waals surface area contributed by atoms with Crippen LogP contribution in [0.2, 0.25) is 0 Å². The lowest BCUT2D eigenvalue weighted by molar-refractivity contribution is -0.0591. The minimum absolute atomic E-state index is 0.0437. The van der Waals surface area contributed by atoms with Crippen molar-refractivity contribution in [3.63, 3.8) is 0 Å². The zero-order valence-electron chi connectivity index (χ0n) is 26.0. The number of carbonyl (C=O) groups is 1. The van der Waals surface area contributed by atoms with Crippen molar-refractivity contribution in [1.29, 1.82) is 5.26 Å².